The van der Waals surface area contributed by atoms with Crippen LogP contribution >= 0.6 is 0 Å². The number of aromatic nitrogens is 4. The average molecular weight is 348 g/mol. The number of hydrogen-bond donors (Lipinski definition) is 2. The summed E-state index contributed by atoms with van der Waals surface area (Å²) in [6.07, 6.45) is 11.4. The third-order valence-electron chi connectivity index (χ3n) is 4.79. The molecular formula is C20H24N6. The van der Waals surface area contributed by atoms with Crippen LogP contribution in [0.15, 0.2) is 30.7 Å². The molecule has 0 aromatic carbocycles. The van der Waals surface area contributed by atoms with E-state index in [1.165, 1.54) is 31.2 Å². The minimum Gasteiger partial charge on any atom is -0.383 e. The van der Waals surface area contributed by atoms with Crippen LogP contribution in [0.25, 0.3) is 22.3 Å². The number of pyridine rings is 2. The lowest BCUT2D eigenvalue weighted by atomic mass is 10.1. The van der Waals surface area contributed by atoms with Crippen molar-refractivity contribution in [3.05, 3.63) is 36.3 Å². The highest BCUT2D eigenvalue weighted by Crippen LogP contribution is 2.43. The summed E-state index contributed by atoms with van der Waals surface area (Å²) in [5.41, 5.74) is 9.20. The van der Waals surface area contributed by atoms with Gasteiger partial charge in [-0.25, -0.2) is 15.0 Å². The van der Waals surface area contributed by atoms with Gasteiger partial charge in [0.15, 0.2) is 5.82 Å². The van der Waals surface area contributed by atoms with Gasteiger partial charge in [-0.15, -0.1) is 0 Å². The van der Waals surface area contributed by atoms with Crippen LogP contribution in [0.4, 0.5) is 11.6 Å². The third-order valence-corrected chi connectivity index (χ3v) is 4.79. The van der Waals surface area contributed by atoms with E-state index in [0.29, 0.717) is 17.6 Å². The lowest BCUT2D eigenvalue weighted by Crippen LogP contribution is -2.04. The minimum atomic E-state index is 0.531. The van der Waals surface area contributed by atoms with Gasteiger partial charge in [-0.05, 0) is 42.9 Å². The van der Waals surface area contributed by atoms with E-state index < -0.39 is 0 Å². The maximum atomic E-state index is 6.30. The van der Waals surface area contributed by atoms with E-state index in [2.05, 4.69) is 27.2 Å². The number of anilines is 2. The molecule has 134 valence electrons. The largest absolute Gasteiger partial charge is 0.383 e. The molecule has 0 saturated heterocycles. The summed E-state index contributed by atoms with van der Waals surface area (Å²) >= 11 is 0. The fourth-order valence-electron chi connectivity index (χ4n) is 3.23. The number of nitrogen functional groups attached to an aromatic ring is 1. The molecule has 4 rings (SSSR count). The zero-order valence-corrected chi connectivity index (χ0v) is 15.1. The Hall–Kier alpha value is -2.76. The van der Waals surface area contributed by atoms with E-state index in [1.807, 2.05) is 18.3 Å². The first kappa shape index (κ1) is 16.7. The number of unbranched alkanes of at least 4 members (excludes halogenated alkanes) is 2. The van der Waals surface area contributed by atoms with Crippen LogP contribution in [-0.4, -0.2) is 26.5 Å². The second-order valence-electron chi connectivity index (χ2n) is 6.89. The molecule has 3 N–H and O–H groups in total. The Morgan fingerprint density at radius 2 is 2.08 bits per heavy atom. The van der Waals surface area contributed by atoms with Gasteiger partial charge in [-0.3, -0.25) is 4.98 Å². The van der Waals surface area contributed by atoms with Gasteiger partial charge in [-0.1, -0.05) is 19.8 Å². The van der Waals surface area contributed by atoms with Crippen molar-refractivity contribution in [1.29, 1.82) is 0 Å². The molecule has 3 aromatic heterocycles. The number of fused-ring (bicyclic) bond motifs is 1. The Labute approximate surface area is 153 Å². The Balaban J connectivity index is 1.64. The summed E-state index contributed by atoms with van der Waals surface area (Å²) in [5, 5.41) is 4.32. The first-order valence-corrected chi connectivity index (χ1v) is 9.37. The number of rotatable bonds is 7. The van der Waals surface area contributed by atoms with Gasteiger partial charge >= 0.3 is 0 Å². The van der Waals surface area contributed by atoms with Crippen LogP contribution in [0.2, 0.25) is 0 Å². The monoisotopic (exact) mass is 348 g/mol. The summed E-state index contributed by atoms with van der Waals surface area (Å²) < 4.78 is 0. The summed E-state index contributed by atoms with van der Waals surface area (Å²) in [6, 6.07) is 3.89. The first-order valence-electron chi connectivity index (χ1n) is 9.37. The number of nitrogens with two attached hydrogens (primary N) is 1. The van der Waals surface area contributed by atoms with Gasteiger partial charge in [0.2, 0.25) is 0 Å². The summed E-state index contributed by atoms with van der Waals surface area (Å²) in [7, 11) is 0. The van der Waals surface area contributed by atoms with Gasteiger partial charge in [0.25, 0.3) is 0 Å². The summed E-state index contributed by atoms with van der Waals surface area (Å²) in [4.78, 5) is 18.0. The quantitative estimate of drug-likeness (QED) is 0.624. The highest BCUT2D eigenvalue weighted by molar-refractivity contribution is 5.92. The van der Waals surface area contributed by atoms with E-state index >= 15 is 0 Å². The predicted molar refractivity (Wildman–Crippen MR) is 105 cm³/mol. The van der Waals surface area contributed by atoms with E-state index in [0.717, 1.165) is 35.2 Å². The third kappa shape index (κ3) is 3.45. The van der Waals surface area contributed by atoms with Crippen LogP contribution in [0.1, 0.15) is 50.5 Å². The molecular weight excluding hydrogens is 324 g/mol. The number of nitrogens with zero attached hydrogens (tertiary/aromatic N) is 4. The SMILES string of the molecule is CCCCCNc1cc(-c2nc(N)c3c(C4CC4)cncc3n2)ccn1. The molecule has 0 amide bonds. The molecule has 1 aliphatic carbocycles. The fraction of sp³-hybridized carbons (Fsp3) is 0.400. The Kier molecular flexibility index (Phi) is 4.65. The van der Waals surface area contributed by atoms with Crippen molar-refractivity contribution in [1.82, 2.24) is 19.9 Å². The van der Waals surface area contributed by atoms with Gasteiger partial charge in [0, 0.05) is 29.9 Å². The van der Waals surface area contributed by atoms with Crippen LogP contribution in [0, 0.1) is 0 Å². The van der Waals surface area contributed by atoms with Crippen molar-refractivity contribution < 1.29 is 0 Å². The molecule has 3 heterocycles. The van der Waals surface area contributed by atoms with E-state index in [4.69, 9.17) is 10.7 Å². The molecule has 0 spiro atoms. The van der Waals surface area contributed by atoms with E-state index in [1.54, 1.807) is 12.4 Å². The smallest absolute Gasteiger partial charge is 0.162 e. The summed E-state index contributed by atoms with van der Waals surface area (Å²) in [6.45, 7) is 3.11. The van der Waals surface area contributed by atoms with E-state index in [-0.39, 0.29) is 0 Å². The van der Waals surface area contributed by atoms with Crippen molar-refractivity contribution in [3.63, 3.8) is 0 Å². The van der Waals surface area contributed by atoms with E-state index in [9.17, 15) is 0 Å². The van der Waals surface area contributed by atoms with Gasteiger partial charge in [-0.2, -0.15) is 0 Å². The Bertz CT molecular complexity index is 919. The minimum absolute atomic E-state index is 0.531. The molecule has 1 fully saturated rings. The lowest BCUT2D eigenvalue weighted by molar-refractivity contribution is 0.742. The maximum Gasteiger partial charge on any atom is 0.162 e. The molecule has 0 bridgehead atoms. The second kappa shape index (κ2) is 7.23. The van der Waals surface area contributed by atoms with Gasteiger partial charge in [0.05, 0.1) is 11.7 Å². The van der Waals surface area contributed by atoms with Crippen molar-refractivity contribution in [2.75, 3.05) is 17.6 Å². The average Bonchev–Trinajstić information content (AvgIpc) is 3.50. The van der Waals surface area contributed by atoms with Crippen molar-refractivity contribution in [3.8, 4) is 11.4 Å². The zero-order valence-electron chi connectivity index (χ0n) is 15.1. The molecule has 1 aliphatic rings. The second-order valence-corrected chi connectivity index (χ2v) is 6.89. The van der Waals surface area contributed by atoms with Crippen LogP contribution < -0.4 is 11.1 Å². The normalized spacial score (nSPS) is 13.9. The molecule has 6 heteroatoms. The lowest BCUT2D eigenvalue weighted by Gasteiger charge is -2.10. The Morgan fingerprint density at radius 1 is 1.19 bits per heavy atom. The first-order chi connectivity index (χ1) is 12.8. The van der Waals surface area contributed by atoms with Gasteiger partial charge in [0.1, 0.15) is 11.6 Å². The predicted octanol–water partition coefficient (Wildman–Crippen LogP) is 4.15. The highest BCUT2D eigenvalue weighted by Gasteiger charge is 2.27. The maximum absolute atomic E-state index is 6.30. The van der Waals surface area contributed by atoms with Crippen LogP contribution in [-0.2, 0) is 0 Å². The molecule has 0 aliphatic heterocycles. The zero-order chi connectivity index (χ0) is 17.9. The molecule has 1 saturated carbocycles. The molecule has 3 aromatic rings. The van der Waals surface area contributed by atoms with Crippen molar-refractivity contribution in [2.24, 2.45) is 0 Å². The molecule has 0 atom stereocenters. The topological polar surface area (TPSA) is 89.6 Å². The number of nitrogens with one attached hydrogen (secondary N) is 1. The molecule has 0 unspecified atom stereocenters. The summed E-state index contributed by atoms with van der Waals surface area (Å²) in [5.74, 6) is 2.54. The van der Waals surface area contributed by atoms with Crippen molar-refractivity contribution >= 4 is 22.5 Å². The van der Waals surface area contributed by atoms with Crippen LogP contribution in [0.3, 0.4) is 0 Å². The fourth-order valence-corrected chi connectivity index (χ4v) is 3.23. The van der Waals surface area contributed by atoms with Crippen molar-refractivity contribution in [2.45, 2.75) is 44.9 Å². The Morgan fingerprint density at radius 3 is 2.88 bits per heavy atom. The van der Waals surface area contributed by atoms with Crippen LogP contribution in [0.5, 0.6) is 0 Å². The molecule has 0 radical (unpaired) electrons. The highest BCUT2D eigenvalue weighted by atomic mass is 15.0. The number of hydrogen-bond acceptors (Lipinski definition) is 6. The van der Waals surface area contributed by atoms with Gasteiger partial charge < -0.3 is 11.1 Å². The molecule has 6 nitrogen and oxygen atoms in total. The standard InChI is InChI=1S/C20H24N6/c1-2-3-4-8-23-17-10-14(7-9-24-17)20-25-16-12-22-11-15(13-5-6-13)18(16)19(21)26-20/h7,9-13H,2-6,8H2,1H3,(H,23,24)(H2,21,25,26). The molecule has 26 heavy (non-hydrogen) atoms.